The predicted molar refractivity (Wildman–Crippen MR) is 60.8 cm³/mol. The summed E-state index contributed by atoms with van der Waals surface area (Å²) < 4.78 is 0. The summed E-state index contributed by atoms with van der Waals surface area (Å²) in [6.45, 7) is 3.98. The smallest absolute Gasteiger partial charge is 0.258 e. The molecule has 1 aliphatic heterocycles. The lowest BCUT2D eigenvalue weighted by atomic mass is 10.0. The molecule has 0 aromatic carbocycles. The Hall–Kier alpha value is -1.85. The van der Waals surface area contributed by atoms with Gasteiger partial charge in [0.25, 0.3) is 5.91 Å². The molecule has 1 unspecified atom stereocenters. The summed E-state index contributed by atoms with van der Waals surface area (Å²) in [6.07, 6.45) is 3.22. The Balaban J connectivity index is 2.38. The fourth-order valence-electron chi connectivity index (χ4n) is 1.89. The molecule has 1 aromatic heterocycles. The minimum absolute atomic E-state index is 0.162. The SMILES string of the molecule is CCCC1(C)NC(=O)c2cnc(N)nc2N1. The molecule has 2 heterocycles. The summed E-state index contributed by atoms with van der Waals surface area (Å²) in [7, 11) is 0. The normalized spacial score (nSPS) is 23.2. The zero-order valence-electron chi connectivity index (χ0n) is 9.37. The molecule has 0 spiro atoms. The maximum Gasteiger partial charge on any atom is 0.258 e. The lowest BCUT2D eigenvalue weighted by Gasteiger charge is -2.36. The first-order chi connectivity index (χ1) is 7.54. The molecular formula is C10H15N5O. The second kappa shape index (κ2) is 3.62. The quantitative estimate of drug-likeness (QED) is 0.684. The summed E-state index contributed by atoms with van der Waals surface area (Å²) in [5, 5.41) is 6.08. The van der Waals surface area contributed by atoms with Crippen molar-refractivity contribution in [2.24, 2.45) is 0 Å². The number of hydrogen-bond donors (Lipinski definition) is 3. The summed E-state index contributed by atoms with van der Waals surface area (Å²) in [5.41, 5.74) is 5.47. The van der Waals surface area contributed by atoms with Crippen molar-refractivity contribution in [2.45, 2.75) is 32.4 Å². The first kappa shape index (κ1) is 10.7. The summed E-state index contributed by atoms with van der Waals surface area (Å²) >= 11 is 0. The first-order valence-corrected chi connectivity index (χ1v) is 5.27. The van der Waals surface area contributed by atoms with Crippen LogP contribution < -0.4 is 16.4 Å². The Bertz CT molecular complexity index is 433. The number of carbonyl (C=O) groups is 1. The van der Waals surface area contributed by atoms with E-state index in [1.807, 2.05) is 6.92 Å². The van der Waals surface area contributed by atoms with Gasteiger partial charge in [-0.15, -0.1) is 0 Å². The number of anilines is 2. The van der Waals surface area contributed by atoms with Crippen LogP contribution in [0.4, 0.5) is 11.8 Å². The average molecular weight is 221 g/mol. The third-order valence-corrected chi connectivity index (χ3v) is 2.59. The van der Waals surface area contributed by atoms with Gasteiger partial charge < -0.3 is 16.4 Å². The molecule has 1 atom stereocenters. The molecule has 16 heavy (non-hydrogen) atoms. The highest BCUT2D eigenvalue weighted by Gasteiger charge is 2.33. The molecule has 1 aromatic rings. The van der Waals surface area contributed by atoms with E-state index in [1.165, 1.54) is 6.20 Å². The molecule has 2 rings (SSSR count). The van der Waals surface area contributed by atoms with Gasteiger partial charge >= 0.3 is 0 Å². The minimum atomic E-state index is -0.459. The number of amides is 1. The van der Waals surface area contributed by atoms with Gasteiger partial charge in [0.05, 0.1) is 0 Å². The average Bonchev–Trinajstić information content (AvgIpc) is 2.15. The van der Waals surface area contributed by atoms with Crippen LogP contribution in [0, 0.1) is 0 Å². The fourth-order valence-corrected chi connectivity index (χ4v) is 1.89. The number of aromatic nitrogens is 2. The zero-order chi connectivity index (χ0) is 11.8. The maximum absolute atomic E-state index is 11.8. The van der Waals surface area contributed by atoms with Gasteiger partial charge in [-0.1, -0.05) is 13.3 Å². The van der Waals surface area contributed by atoms with E-state index in [0.717, 1.165) is 12.8 Å². The second-order valence-electron chi connectivity index (χ2n) is 4.15. The molecule has 1 amide bonds. The van der Waals surface area contributed by atoms with E-state index >= 15 is 0 Å². The van der Waals surface area contributed by atoms with Crippen LogP contribution in [0.1, 0.15) is 37.0 Å². The van der Waals surface area contributed by atoms with Gasteiger partial charge in [-0.3, -0.25) is 4.79 Å². The van der Waals surface area contributed by atoms with Crippen LogP contribution in [0.2, 0.25) is 0 Å². The van der Waals surface area contributed by atoms with E-state index < -0.39 is 5.66 Å². The fraction of sp³-hybridized carbons (Fsp3) is 0.500. The monoisotopic (exact) mass is 221 g/mol. The molecule has 0 aliphatic carbocycles. The topological polar surface area (TPSA) is 92.9 Å². The van der Waals surface area contributed by atoms with E-state index in [9.17, 15) is 4.79 Å². The van der Waals surface area contributed by atoms with E-state index in [0.29, 0.717) is 11.4 Å². The van der Waals surface area contributed by atoms with E-state index in [1.54, 1.807) is 0 Å². The Labute approximate surface area is 93.7 Å². The summed E-state index contributed by atoms with van der Waals surface area (Å²) in [4.78, 5) is 19.7. The number of nitrogens with zero attached hydrogens (tertiary/aromatic N) is 2. The van der Waals surface area contributed by atoms with Crippen molar-refractivity contribution in [1.82, 2.24) is 15.3 Å². The van der Waals surface area contributed by atoms with Gasteiger partial charge in [0.1, 0.15) is 17.0 Å². The van der Waals surface area contributed by atoms with Crippen LogP contribution in [-0.2, 0) is 0 Å². The van der Waals surface area contributed by atoms with E-state index in [2.05, 4.69) is 27.5 Å². The molecule has 0 radical (unpaired) electrons. The van der Waals surface area contributed by atoms with Crippen molar-refractivity contribution in [2.75, 3.05) is 11.1 Å². The first-order valence-electron chi connectivity index (χ1n) is 5.27. The standard InChI is InChI=1S/C10H15N5O/c1-3-4-10(2)14-7-6(8(16)15-10)5-12-9(11)13-7/h5H,3-4H2,1-2H3,(H,15,16)(H3,11,12,13,14). The van der Waals surface area contributed by atoms with Gasteiger partial charge in [-0.2, -0.15) is 4.98 Å². The van der Waals surface area contributed by atoms with Gasteiger partial charge in [-0.25, -0.2) is 4.98 Å². The molecule has 1 aliphatic rings. The number of carbonyl (C=O) groups excluding carboxylic acids is 1. The number of nitrogen functional groups attached to an aromatic ring is 1. The number of fused-ring (bicyclic) bond motifs is 1. The molecule has 6 heteroatoms. The lowest BCUT2D eigenvalue weighted by Crippen LogP contribution is -2.55. The van der Waals surface area contributed by atoms with Crippen LogP contribution in [0.25, 0.3) is 0 Å². The molecular weight excluding hydrogens is 206 g/mol. The van der Waals surface area contributed by atoms with E-state index in [4.69, 9.17) is 5.73 Å². The van der Waals surface area contributed by atoms with E-state index in [-0.39, 0.29) is 11.9 Å². The van der Waals surface area contributed by atoms with Crippen molar-refractivity contribution >= 4 is 17.7 Å². The van der Waals surface area contributed by atoms with Crippen LogP contribution in [0.3, 0.4) is 0 Å². The maximum atomic E-state index is 11.8. The number of nitrogens with two attached hydrogens (primary N) is 1. The van der Waals surface area contributed by atoms with Crippen LogP contribution in [0.15, 0.2) is 6.20 Å². The van der Waals surface area contributed by atoms with Gasteiger partial charge in [-0.05, 0) is 13.3 Å². The van der Waals surface area contributed by atoms with Crippen LogP contribution in [-0.4, -0.2) is 21.5 Å². The Kier molecular flexibility index (Phi) is 2.41. The molecule has 4 N–H and O–H groups in total. The van der Waals surface area contributed by atoms with Gasteiger partial charge in [0.2, 0.25) is 5.95 Å². The van der Waals surface area contributed by atoms with Gasteiger partial charge in [0, 0.05) is 6.20 Å². The van der Waals surface area contributed by atoms with Crippen LogP contribution in [0.5, 0.6) is 0 Å². The molecule has 0 fully saturated rings. The van der Waals surface area contributed by atoms with Crippen molar-refractivity contribution < 1.29 is 4.79 Å². The predicted octanol–water partition coefficient (Wildman–Crippen LogP) is 0.730. The van der Waals surface area contributed by atoms with Crippen molar-refractivity contribution in [3.05, 3.63) is 11.8 Å². The third kappa shape index (κ3) is 1.78. The van der Waals surface area contributed by atoms with Crippen molar-refractivity contribution in [3.8, 4) is 0 Å². The molecule has 0 bridgehead atoms. The molecule has 0 saturated carbocycles. The summed E-state index contributed by atoms with van der Waals surface area (Å²) in [6, 6.07) is 0. The largest absolute Gasteiger partial charge is 0.368 e. The van der Waals surface area contributed by atoms with Gasteiger partial charge in [0.15, 0.2) is 0 Å². The highest BCUT2D eigenvalue weighted by atomic mass is 16.2. The highest BCUT2D eigenvalue weighted by molar-refractivity contribution is 6.01. The lowest BCUT2D eigenvalue weighted by molar-refractivity contribution is 0.0902. The highest BCUT2D eigenvalue weighted by Crippen LogP contribution is 2.25. The number of hydrogen-bond acceptors (Lipinski definition) is 5. The van der Waals surface area contributed by atoms with Crippen LogP contribution >= 0.6 is 0 Å². The van der Waals surface area contributed by atoms with Crippen molar-refractivity contribution in [1.29, 1.82) is 0 Å². The number of nitrogens with one attached hydrogen (secondary N) is 2. The number of rotatable bonds is 2. The van der Waals surface area contributed by atoms with Crippen molar-refractivity contribution in [3.63, 3.8) is 0 Å². The molecule has 0 saturated heterocycles. The molecule has 6 nitrogen and oxygen atoms in total. The Morgan fingerprint density at radius 2 is 2.25 bits per heavy atom. The second-order valence-corrected chi connectivity index (χ2v) is 4.15. The minimum Gasteiger partial charge on any atom is -0.368 e. The zero-order valence-corrected chi connectivity index (χ0v) is 9.37. The summed E-state index contributed by atoms with van der Waals surface area (Å²) in [5.74, 6) is 0.511. The third-order valence-electron chi connectivity index (χ3n) is 2.59. The Morgan fingerprint density at radius 1 is 1.50 bits per heavy atom. The molecule has 86 valence electrons. The Morgan fingerprint density at radius 3 is 2.94 bits per heavy atom.